The predicted molar refractivity (Wildman–Crippen MR) is 38.5 cm³/mol. The minimum Gasteiger partial charge on any atom is -0.399 e. The molecule has 0 aromatic heterocycles. The molecule has 5 nitrogen and oxygen atoms in total. The molecule has 0 atom stereocenters. The molecule has 7 N–H and O–H groups in total. The third-order valence-electron chi connectivity index (χ3n) is 0.979. The van der Waals surface area contributed by atoms with Crippen LogP contribution >= 0.6 is 0 Å². The van der Waals surface area contributed by atoms with E-state index in [1.807, 2.05) is 0 Å². The number of hydrogen-bond acceptors (Lipinski definition) is 4. The molecular weight excluding hydrogens is 132 g/mol. The van der Waals surface area contributed by atoms with Crippen molar-refractivity contribution < 1.29 is 4.79 Å². The van der Waals surface area contributed by atoms with Crippen molar-refractivity contribution in [2.75, 3.05) is 13.6 Å². The van der Waals surface area contributed by atoms with Crippen LogP contribution in [0.4, 0.5) is 0 Å². The molecule has 0 fully saturated rings. The minimum absolute atomic E-state index is 0.0747. The van der Waals surface area contributed by atoms with Gasteiger partial charge < -0.3 is 22.5 Å². The summed E-state index contributed by atoms with van der Waals surface area (Å²) in [6.45, 7) is 0.370. The van der Waals surface area contributed by atoms with Crippen LogP contribution in [0.3, 0.4) is 0 Å². The maximum atomic E-state index is 10.3. The van der Waals surface area contributed by atoms with Crippen LogP contribution in [0.1, 0.15) is 0 Å². The molecule has 0 radical (unpaired) electrons. The largest absolute Gasteiger partial charge is 0.399 e. The highest BCUT2D eigenvalue weighted by Crippen LogP contribution is 1.86. The van der Waals surface area contributed by atoms with Crippen LogP contribution in [0.5, 0.6) is 0 Å². The second kappa shape index (κ2) is 3.73. The molecule has 0 spiro atoms. The van der Waals surface area contributed by atoms with E-state index in [0.29, 0.717) is 6.54 Å². The molecule has 0 aliphatic carbocycles. The van der Waals surface area contributed by atoms with Gasteiger partial charge in [-0.1, -0.05) is 0 Å². The highest BCUT2D eigenvalue weighted by atomic mass is 16.1. The highest BCUT2D eigenvalue weighted by Gasteiger charge is 2.02. The van der Waals surface area contributed by atoms with Gasteiger partial charge in [-0.15, -0.1) is 0 Å². The van der Waals surface area contributed by atoms with Crippen molar-refractivity contribution in [3.05, 3.63) is 11.4 Å². The van der Waals surface area contributed by atoms with E-state index in [1.165, 1.54) is 0 Å². The third-order valence-corrected chi connectivity index (χ3v) is 0.979. The Labute approximate surface area is 59.2 Å². The van der Waals surface area contributed by atoms with Crippen LogP contribution in [0.2, 0.25) is 0 Å². The summed E-state index contributed by atoms with van der Waals surface area (Å²) < 4.78 is 0. The Morgan fingerprint density at radius 3 is 2.20 bits per heavy atom. The Bertz CT molecular complexity index is 163. The SMILES string of the molecule is CNC/C(N)=C(\N)C(N)=O. The maximum absolute atomic E-state index is 10.3. The average Bonchev–Trinajstić information content (AvgIpc) is 1.87. The predicted octanol–water partition coefficient (Wildman–Crippen LogP) is -2.18. The summed E-state index contributed by atoms with van der Waals surface area (Å²) >= 11 is 0. The molecule has 0 aromatic carbocycles. The molecule has 0 bridgehead atoms. The number of amides is 1. The van der Waals surface area contributed by atoms with Gasteiger partial charge in [0.15, 0.2) is 0 Å². The molecule has 0 saturated heterocycles. The van der Waals surface area contributed by atoms with Crippen molar-refractivity contribution in [2.45, 2.75) is 0 Å². The highest BCUT2D eigenvalue weighted by molar-refractivity contribution is 5.91. The van der Waals surface area contributed by atoms with E-state index in [2.05, 4.69) is 5.32 Å². The Balaban J connectivity index is 4.19. The van der Waals surface area contributed by atoms with Crippen LogP contribution in [0, 0.1) is 0 Å². The average molecular weight is 144 g/mol. The molecule has 0 saturated carbocycles. The standard InChI is InChI=1S/C5H12N4O/c1-9-2-3(6)4(7)5(8)10/h9H,2,6-7H2,1H3,(H2,8,10)/b4-3+. The molecule has 10 heavy (non-hydrogen) atoms. The van der Waals surface area contributed by atoms with E-state index >= 15 is 0 Å². The van der Waals surface area contributed by atoms with Gasteiger partial charge in [-0.3, -0.25) is 4.79 Å². The quantitative estimate of drug-likeness (QED) is 0.338. The first-order chi connectivity index (χ1) is 4.59. The van der Waals surface area contributed by atoms with Gasteiger partial charge in [0.1, 0.15) is 5.70 Å². The fourth-order valence-electron chi connectivity index (χ4n) is 0.444. The van der Waals surface area contributed by atoms with Crippen molar-refractivity contribution in [2.24, 2.45) is 17.2 Å². The first-order valence-corrected chi connectivity index (χ1v) is 2.78. The van der Waals surface area contributed by atoms with Crippen molar-refractivity contribution in [1.82, 2.24) is 5.32 Å². The molecule has 5 heteroatoms. The number of hydrogen-bond donors (Lipinski definition) is 4. The van der Waals surface area contributed by atoms with Crippen LogP contribution in [0.25, 0.3) is 0 Å². The molecule has 0 aliphatic heterocycles. The fraction of sp³-hybridized carbons (Fsp3) is 0.400. The van der Waals surface area contributed by atoms with Crippen molar-refractivity contribution in [3.63, 3.8) is 0 Å². The van der Waals surface area contributed by atoms with E-state index in [-0.39, 0.29) is 11.4 Å². The Hall–Kier alpha value is -1.23. The summed E-state index contributed by atoms with van der Waals surface area (Å²) in [4.78, 5) is 10.3. The van der Waals surface area contributed by atoms with Gasteiger partial charge >= 0.3 is 0 Å². The first-order valence-electron chi connectivity index (χ1n) is 2.78. The minimum atomic E-state index is -0.687. The second-order valence-electron chi connectivity index (χ2n) is 1.83. The molecule has 0 unspecified atom stereocenters. The number of carbonyl (C=O) groups excluding carboxylic acids is 1. The molecule has 0 heterocycles. The number of nitrogens with one attached hydrogen (secondary N) is 1. The summed E-state index contributed by atoms with van der Waals surface area (Å²) in [6, 6.07) is 0. The Morgan fingerprint density at radius 1 is 1.40 bits per heavy atom. The second-order valence-corrected chi connectivity index (χ2v) is 1.83. The lowest BCUT2D eigenvalue weighted by molar-refractivity contribution is -0.114. The van der Waals surface area contributed by atoms with E-state index < -0.39 is 5.91 Å². The third kappa shape index (κ3) is 2.36. The lowest BCUT2D eigenvalue weighted by atomic mass is 10.3. The monoisotopic (exact) mass is 144 g/mol. The smallest absolute Gasteiger partial charge is 0.266 e. The van der Waals surface area contributed by atoms with Gasteiger partial charge in [-0.2, -0.15) is 0 Å². The van der Waals surface area contributed by atoms with Crippen LogP contribution < -0.4 is 22.5 Å². The van der Waals surface area contributed by atoms with E-state index in [9.17, 15) is 4.79 Å². The van der Waals surface area contributed by atoms with Gasteiger partial charge in [-0.05, 0) is 7.05 Å². The van der Waals surface area contributed by atoms with Gasteiger partial charge in [-0.25, -0.2) is 0 Å². The zero-order valence-electron chi connectivity index (χ0n) is 5.85. The molecule has 0 aliphatic rings. The Morgan fingerprint density at radius 2 is 1.90 bits per heavy atom. The van der Waals surface area contributed by atoms with Crippen LogP contribution in [-0.4, -0.2) is 19.5 Å². The fourth-order valence-corrected chi connectivity index (χ4v) is 0.444. The zero-order chi connectivity index (χ0) is 8.15. The normalized spacial score (nSPS) is 12.5. The topological polar surface area (TPSA) is 107 Å². The van der Waals surface area contributed by atoms with Gasteiger partial charge in [0, 0.05) is 6.54 Å². The molecule has 0 aromatic rings. The summed E-state index contributed by atoms with van der Waals surface area (Å²) in [5.74, 6) is -0.687. The van der Waals surface area contributed by atoms with Crippen molar-refractivity contribution in [3.8, 4) is 0 Å². The Kier molecular flexibility index (Phi) is 3.27. The van der Waals surface area contributed by atoms with E-state index in [1.54, 1.807) is 7.05 Å². The zero-order valence-corrected chi connectivity index (χ0v) is 5.85. The molecule has 0 rings (SSSR count). The van der Waals surface area contributed by atoms with Gasteiger partial charge in [0.2, 0.25) is 0 Å². The number of primary amides is 1. The van der Waals surface area contributed by atoms with E-state index in [0.717, 1.165) is 0 Å². The van der Waals surface area contributed by atoms with E-state index in [4.69, 9.17) is 17.2 Å². The van der Waals surface area contributed by atoms with Crippen molar-refractivity contribution in [1.29, 1.82) is 0 Å². The molecular formula is C5H12N4O. The number of likely N-dealkylation sites (N-methyl/N-ethyl adjacent to an activating group) is 1. The summed E-state index contributed by atoms with van der Waals surface area (Å²) in [5, 5.41) is 2.73. The maximum Gasteiger partial charge on any atom is 0.266 e. The lowest BCUT2D eigenvalue weighted by Crippen LogP contribution is -2.28. The summed E-state index contributed by atoms with van der Waals surface area (Å²) in [7, 11) is 1.70. The first kappa shape index (κ1) is 8.77. The van der Waals surface area contributed by atoms with Gasteiger partial charge in [0.05, 0.1) is 5.70 Å². The summed E-state index contributed by atoms with van der Waals surface area (Å²) in [5.41, 5.74) is 15.5. The molecule has 1 amide bonds. The van der Waals surface area contributed by atoms with Crippen molar-refractivity contribution >= 4 is 5.91 Å². The van der Waals surface area contributed by atoms with Crippen LogP contribution in [-0.2, 0) is 4.79 Å². The number of carbonyl (C=O) groups is 1. The number of nitrogens with two attached hydrogens (primary N) is 3. The number of rotatable bonds is 3. The lowest BCUT2D eigenvalue weighted by Gasteiger charge is -2.01. The summed E-state index contributed by atoms with van der Waals surface area (Å²) in [6.07, 6.45) is 0. The van der Waals surface area contributed by atoms with Gasteiger partial charge in [0.25, 0.3) is 5.91 Å². The van der Waals surface area contributed by atoms with Crippen LogP contribution in [0.15, 0.2) is 11.4 Å². The molecule has 58 valence electrons.